The van der Waals surface area contributed by atoms with Crippen molar-refractivity contribution in [2.24, 2.45) is 5.92 Å². The molecule has 0 N–H and O–H groups in total. The van der Waals surface area contributed by atoms with Gasteiger partial charge in [-0.15, -0.1) is 0 Å². The molecule has 2 fully saturated rings. The standard InChI is InChI=1S/C9H16O2/c1-2-3-10-6-7-4-8-9(5-7)11-8/h7-9H,2-6H2,1H3. The second-order valence-corrected chi connectivity index (χ2v) is 3.63. The van der Waals surface area contributed by atoms with Crippen LogP contribution in [-0.4, -0.2) is 25.4 Å². The first-order valence-electron chi connectivity index (χ1n) is 4.63. The summed E-state index contributed by atoms with van der Waals surface area (Å²) in [6.45, 7) is 4.03. The van der Waals surface area contributed by atoms with Crippen molar-refractivity contribution in [2.75, 3.05) is 13.2 Å². The summed E-state index contributed by atoms with van der Waals surface area (Å²) in [6, 6.07) is 0. The minimum Gasteiger partial charge on any atom is -0.381 e. The van der Waals surface area contributed by atoms with Gasteiger partial charge in [0.05, 0.1) is 12.2 Å². The molecule has 2 rings (SSSR count). The molecule has 1 aliphatic carbocycles. The van der Waals surface area contributed by atoms with Gasteiger partial charge in [-0.05, 0) is 25.2 Å². The molecule has 1 heterocycles. The summed E-state index contributed by atoms with van der Waals surface area (Å²) < 4.78 is 10.8. The Morgan fingerprint density at radius 3 is 2.73 bits per heavy atom. The highest BCUT2D eigenvalue weighted by Crippen LogP contribution is 2.42. The Bertz CT molecular complexity index is 126. The maximum atomic E-state index is 5.48. The molecule has 0 radical (unpaired) electrons. The molecular weight excluding hydrogens is 140 g/mol. The third-order valence-electron chi connectivity index (χ3n) is 2.52. The van der Waals surface area contributed by atoms with Crippen LogP contribution in [-0.2, 0) is 9.47 Å². The molecule has 11 heavy (non-hydrogen) atoms. The molecule has 0 spiro atoms. The van der Waals surface area contributed by atoms with Gasteiger partial charge in [-0.2, -0.15) is 0 Å². The van der Waals surface area contributed by atoms with Gasteiger partial charge in [-0.25, -0.2) is 0 Å². The van der Waals surface area contributed by atoms with E-state index in [0.29, 0.717) is 12.2 Å². The van der Waals surface area contributed by atoms with Crippen molar-refractivity contribution >= 4 is 0 Å². The maximum Gasteiger partial charge on any atom is 0.0845 e. The molecule has 2 heteroatoms. The molecule has 2 aliphatic rings. The summed E-state index contributed by atoms with van der Waals surface area (Å²) in [5, 5.41) is 0. The van der Waals surface area contributed by atoms with Crippen LogP contribution in [0.25, 0.3) is 0 Å². The molecule has 1 aliphatic heterocycles. The molecule has 0 aromatic carbocycles. The summed E-state index contributed by atoms with van der Waals surface area (Å²) >= 11 is 0. The number of ether oxygens (including phenoxy) is 2. The third-order valence-corrected chi connectivity index (χ3v) is 2.52. The van der Waals surface area contributed by atoms with E-state index in [1.165, 1.54) is 12.8 Å². The van der Waals surface area contributed by atoms with Crippen LogP contribution >= 0.6 is 0 Å². The van der Waals surface area contributed by atoms with Crippen LogP contribution < -0.4 is 0 Å². The fraction of sp³-hybridized carbons (Fsp3) is 1.00. The lowest BCUT2D eigenvalue weighted by molar-refractivity contribution is 0.0869. The fourth-order valence-corrected chi connectivity index (χ4v) is 1.88. The van der Waals surface area contributed by atoms with Gasteiger partial charge in [0, 0.05) is 13.2 Å². The zero-order valence-electron chi connectivity index (χ0n) is 7.08. The van der Waals surface area contributed by atoms with Crippen LogP contribution in [0, 0.1) is 5.92 Å². The Balaban J connectivity index is 1.57. The van der Waals surface area contributed by atoms with Crippen molar-refractivity contribution in [1.29, 1.82) is 0 Å². The zero-order valence-corrected chi connectivity index (χ0v) is 7.08. The number of hydrogen-bond acceptors (Lipinski definition) is 2. The van der Waals surface area contributed by atoms with Crippen molar-refractivity contribution in [2.45, 2.75) is 38.4 Å². The van der Waals surface area contributed by atoms with E-state index in [9.17, 15) is 0 Å². The molecular formula is C9H16O2. The van der Waals surface area contributed by atoms with E-state index in [-0.39, 0.29) is 0 Å². The smallest absolute Gasteiger partial charge is 0.0845 e. The van der Waals surface area contributed by atoms with Gasteiger partial charge < -0.3 is 9.47 Å². The van der Waals surface area contributed by atoms with Gasteiger partial charge in [0.1, 0.15) is 0 Å². The Labute approximate surface area is 67.9 Å². The maximum absolute atomic E-state index is 5.48. The Morgan fingerprint density at radius 2 is 2.09 bits per heavy atom. The van der Waals surface area contributed by atoms with E-state index >= 15 is 0 Å². The molecule has 2 nitrogen and oxygen atoms in total. The molecule has 0 amide bonds. The van der Waals surface area contributed by atoms with Gasteiger partial charge >= 0.3 is 0 Å². The third kappa shape index (κ3) is 1.74. The van der Waals surface area contributed by atoms with E-state index < -0.39 is 0 Å². The molecule has 64 valence electrons. The lowest BCUT2D eigenvalue weighted by atomic mass is 10.1. The monoisotopic (exact) mass is 156 g/mol. The van der Waals surface area contributed by atoms with E-state index in [1.807, 2.05) is 0 Å². The van der Waals surface area contributed by atoms with Gasteiger partial charge in [0.25, 0.3) is 0 Å². The number of rotatable bonds is 4. The van der Waals surface area contributed by atoms with Crippen molar-refractivity contribution < 1.29 is 9.47 Å². The molecule has 1 saturated heterocycles. The van der Waals surface area contributed by atoms with Gasteiger partial charge in [-0.3, -0.25) is 0 Å². The first kappa shape index (κ1) is 7.56. The summed E-state index contributed by atoms with van der Waals surface area (Å²) in [5.74, 6) is 0.797. The quantitative estimate of drug-likeness (QED) is 0.455. The van der Waals surface area contributed by atoms with E-state index in [2.05, 4.69) is 6.92 Å². The van der Waals surface area contributed by atoms with Gasteiger partial charge in [-0.1, -0.05) is 6.92 Å². The normalized spacial score (nSPS) is 40.6. The van der Waals surface area contributed by atoms with Crippen LogP contribution in [0.4, 0.5) is 0 Å². The summed E-state index contributed by atoms with van der Waals surface area (Å²) in [7, 11) is 0. The van der Waals surface area contributed by atoms with E-state index in [1.54, 1.807) is 0 Å². The fourth-order valence-electron chi connectivity index (χ4n) is 1.88. The second-order valence-electron chi connectivity index (χ2n) is 3.63. The molecule has 1 saturated carbocycles. The average Bonchev–Trinajstić information content (AvgIpc) is 2.61. The van der Waals surface area contributed by atoms with Crippen LogP contribution in [0.15, 0.2) is 0 Å². The van der Waals surface area contributed by atoms with Crippen molar-refractivity contribution in [3.8, 4) is 0 Å². The van der Waals surface area contributed by atoms with Crippen LogP contribution in [0.5, 0.6) is 0 Å². The van der Waals surface area contributed by atoms with E-state index in [4.69, 9.17) is 9.47 Å². The van der Waals surface area contributed by atoms with Crippen LogP contribution in [0.1, 0.15) is 26.2 Å². The lowest BCUT2D eigenvalue weighted by Gasteiger charge is -2.10. The highest BCUT2D eigenvalue weighted by atomic mass is 16.6. The highest BCUT2D eigenvalue weighted by Gasteiger charge is 2.47. The topological polar surface area (TPSA) is 21.8 Å². The second kappa shape index (κ2) is 3.11. The zero-order chi connectivity index (χ0) is 7.68. The van der Waals surface area contributed by atoms with Gasteiger partial charge in [0.2, 0.25) is 0 Å². The molecule has 0 aromatic rings. The Kier molecular flexibility index (Phi) is 2.14. The highest BCUT2D eigenvalue weighted by molar-refractivity contribution is 4.95. The van der Waals surface area contributed by atoms with Gasteiger partial charge in [0.15, 0.2) is 0 Å². The van der Waals surface area contributed by atoms with Crippen molar-refractivity contribution in [3.05, 3.63) is 0 Å². The number of hydrogen-bond donors (Lipinski definition) is 0. The lowest BCUT2D eigenvalue weighted by Crippen LogP contribution is -2.09. The summed E-state index contributed by atoms with van der Waals surface area (Å²) in [6.07, 6.45) is 4.86. The molecule has 2 unspecified atom stereocenters. The molecule has 0 bridgehead atoms. The first-order chi connectivity index (χ1) is 5.40. The Morgan fingerprint density at radius 1 is 1.36 bits per heavy atom. The predicted molar refractivity (Wildman–Crippen MR) is 42.5 cm³/mol. The largest absolute Gasteiger partial charge is 0.381 e. The van der Waals surface area contributed by atoms with E-state index in [0.717, 1.165) is 25.6 Å². The summed E-state index contributed by atoms with van der Waals surface area (Å²) in [5.41, 5.74) is 0. The SMILES string of the molecule is CCCOCC1CC2OC2C1. The molecule has 0 aromatic heterocycles. The minimum atomic E-state index is 0.616. The van der Waals surface area contributed by atoms with Crippen molar-refractivity contribution in [3.63, 3.8) is 0 Å². The minimum absolute atomic E-state index is 0.616. The summed E-state index contributed by atoms with van der Waals surface area (Å²) in [4.78, 5) is 0. The van der Waals surface area contributed by atoms with Crippen LogP contribution in [0.3, 0.4) is 0 Å². The molecule has 2 atom stereocenters. The van der Waals surface area contributed by atoms with Crippen molar-refractivity contribution in [1.82, 2.24) is 0 Å². The number of fused-ring (bicyclic) bond motifs is 1. The Hall–Kier alpha value is -0.0800. The number of epoxide rings is 1. The first-order valence-corrected chi connectivity index (χ1v) is 4.63. The predicted octanol–water partition coefficient (Wildman–Crippen LogP) is 1.59. The van der Waals surface area contributed by atoms with Crippen LogP contribution in [0.2, 0.25) is 0 Å². The average molecular weight is 156 g/mol.